The van der Waals surface area contributed by atoms with Gasteiger partial charge in [-0.15, -0.1) is 0 Å². The molecule has 0 spiro atoms. The fraction of sp³-hybridized carbons (Fsp3) is 0.778. The van der Waals surface area contributed by atoms with Crippen molar-refractivity contribution in [1.29, 1.82) is 0 Å². The standard InChI is InChI=1S/C9H12F5N/c1-2-8(11,9(12,13)14)7(10)15-5-3-4-6-15/h2,7H,1,3-6H2. The highest BCUT2D eigenvalue weighted by atomic mass is 19.4. The van der Waals surface area contributed by atoms with Crippen LogP contribution in [-0.4, -0.2) is 36.1 Å². The normalized spacial score (nSPS) is 24.9. The van der Waals surface area contributed by atoms with Gasteiger partial charge < -0.3 is 0 Å². The molecule has 0 bridgehead atoms. The minimum absolute atomic E-state index is 0.00398. The molecule has 0 radical (unpaired) electrons. The number of hydrogen-bond acceptors (Lipinski definition) is 1. The van der Waals surface area contributed by atoms with Crippen LogP contribution in [0, 0.1) is 0 Å². The molecule has 1 nitrogen and oxygen atoms in total. The van der Waals surface area contributed by atoms with E-state index >= 15 is 0 Å². The molecule has 1 saturated heterocycles. The third-order valence-corrected chi connectivity index (χ3v) is 2.54. The van der Waals surface area contributed by atoms with Crippen LogP contribution in [0.25, 0.3) is 0 Å². The van der Waals surface area contributed by atoms with Gasteiger partial charge in [0.15, 0.2) is 0 Å². The predicted molar refractivity (Wildman–Crippen MR) is 45.8 cm³/mol. The second-order valence-electron chi connectivity index (χ2n) is 3.55. The van der Waals surface area contributed by atoms with Gasteiger partial charge in [0.05, 0.1) is 0 Å². The zero-order valence-corrected chi connectivity index (χ0v) is 8.03. The van der Waals surface area contributed by atoms with Gasteiger partial charge in [-0.1, -0.05) is 6.58 Å². The summed E-state index contributed by atoms with van der Waals surface area (Å²) in [5.41, 5.74) is -3.97. The average molecular weight is 229 g/mol. The molecule has 0 aromatic carbocycles. The molecule has 1 aliphatic rings. The second-order valence-corrected chi connectivity index (χ2v) is 3.55. The van der Waals surface area contributed by atoms with Crippen molar-refractivity contribution in [2.45, 2.75) is 31.0 Å². The summed E-state index contributed by atoms with van der Waals surface area (Å²) in [4.78, 5) is 0.856. The number of hydrogen-bond donors (Lipinski definition) is 0. The van der Waals surface area contributed by atoms with E-state index < -0.39 is 18.1 Å². The van der Waals surface area contributed by atoms with E-state index in [0.717, 1.165) is 4.90 Å². The number of rotatable bonds is 3. The second kappa shape index (κ2) is 4.08. The average Bonchev–Trinajstić information content (AvgIpc) is 2.66. The molecule has 2 unspecified atom stereocenters. The highest BCUT2D eigenvalue weighted by Gasteiger charge is 2.61. The first-order valence-corrected chi connectivity index (χ1v) is 4.60. The Morgan fingerprint density at radius 1 is 1.13 bits per heavy atom. The fourth-order valence-electron chi connectivity index (χ4n) is 1.58. The SMILES string of the molecule is C=CC(F)(C(F)N1CCCC1)C(F)(F)F. The molecule has 0 aromatic heterocycles. The Morgan fingerprint density at radius 2 is 1.60 bits per heavy atom. The monoisotopic (exact) mass is 229 g/mol. The maximum atomic E-state index is 13.4. The van der Waals surface area contributed by atoms with Crippen LogP contribution in [0.3, 0.4) is 0 Å². The fourth-order valence-corrected chi connectivity index (χ4v) is 1.58. The first-order valence-electron chi connectivity index (χ1n) is 4.60. The quantitative estimate of drug-likeness (QED) is 0.408. The van der Waals surface area contributed by atoms with Gasteiger partial charge in [0.1, 0.15) is 0 Å². The number of alkyl halides is 5. The van der Waals surface area contributed by atoms with Crippen molar-refractivity contribution in [2.75, 3.05) is 13.1 Å². The topological polar surface area (TPSA) is 3.24 Å². The van der Waals surface area contributed by atoms with Crippen LogP contribution in [0.15, 0.2) is 12.7 Å². The maximum absolute atomic E-state index is 13.4. The summed E-state index contributed by atoms with van der Waals surface area (Å²) in [6.45, 7) is 3.03. The zero-order chi connectivity index (χ0) is 11.7. The van der Waals surface area contributed by atoms with Gasteiger partial charge in [-0.3, -0.25) is 4.90 Å². The molecule has 1 heterocycles. The van der Waals surface area contributed by atoms with Crippen molar-refractivity contribution in [3.8, 4) is 0 Å². The molecule has 0 aliphatic carbocycles. The summed E-state index contributed by atoms with van der Waals surface area (Å²) in [6, 6.07) is 0. The third kappa shape index (κ3) is 2.14. The van der Waals surface area contributed by atoms with Crippen LogP contribution in [0.1, 0.15) is 12.8 Å². The molecular weight excluding hydrogens is 217 g/mol. The molecule has 1 rings (SSSR count). The Kier molecular flexibility index (Phi) is 3.38. The van der Waals surface area contributed by atoms with Gasteiger partial charge in [0.25, 0.3) is 5.67 Å². The van der Waals surface area contributed by atoms with Crippen molar-refractivity contribution in [1.82, 2.24) is 4.90 Å². The molecule has 0 amide bonds. The van der Waals surface area contributed by atoms with E-state index in [-0.39, 0.29) is 19.2 Å². The van der Waals surface area contributed by atoms with Crippen molar-refractivity contribution < 1.29 is 22.0 Å². The van der Waals surface area contributed by atoms with E-state index in [1.54, 1.807) is 0 Å². The Bertz CT molecular complexity index is 233. The first-order chi connectivity index (χ1) is 6.83. The van der Waals surface area contributed by atoms with Crippen LogP contribution in [-0.2, 0) is 0 Å². The minimum atomic E-state index is -5.27. The molecule has 0 N–H and O–H groups in total. The Balaban J connectivity index is 2.85. The summed E-state index contributed by atoms with van der Waals surface area (Å²) in [5, 5.41) is 0. The zero-order valence-electron chi connectivity index (χ0n) is 8.03. The Hall–Kier alpha value is -0.650. The van der Waals surface area contributed by atoms with Gasteiger partial charge in [-0.25, -0.2) is 8.78 Å². The summed E-state index contributed by atoms with van der Waals surface area (Å²) in [6.07, 6.45) is -6.79. The number of nitrogens with zero attached hydrogens (tertiary/aromatic N) is 1. The van der Waals surface area contributed by atoms with Gasteiger partial charge in [-0.05, 0) is 18.9 Å². The van der Waals surface area contributed by atoms with E-state index in [9.17, 15) is 22.0 Å². The van der Waals surface area contributed by atoms with Crippen molar-refractivity contribution in [3.63, 3.8) is 0 Å². The minimum Gasteiger partial charge on any atom is -0.271 e. The highest BCUT2D eigenvalue weighted by molar-refractivity contribution is 5.07. The van der Waals surface area contributed by atoms with Gasteiger partial charge >= 0.3 is 6.18 Å². The van der Waals surface area contributed by atoms with Crippen LogP contribution in [0.2, 0.25) is 0 Å². The maximum Gasteiger partial charge on any atom is 0.430 e. The molecule has 2 atom stereocenters. The van der Waals surface area contributed by atoms with Crippen LogP contribution in [0.4, 0.5) is 22.0 Å². The molecular formula is C9H12F5N. The summed E-state index contributed by atoms with van der Waals surface area (Å²) in [7, 11) is 0. The van der Waals surface area contributed by atoms with Crippen LogP contribution >= 0.6 is 0 Å². The predicted octanol–water partition coefficient (Wildman–Crippen LogP) is 2.83. The molecule has 15 heavy (non-hydrogen) atoms. The van der Waals surface area contributed by atoms with E-state index in [2.05, 4.69) is 6.58 Å². The van der Waals surface area contributed by atoms with Gasteiger partial charge in [0, 0.05) is 13.1 Å². The molecule has 1 aliphatic heterocycles. The van der Waals surface area contributed by atoms with Crippen molar-refractivity contribution in [3.05, 3.63) is 12.7 Å². The smallest absolute Gasteiger partial charge is 0.271 e. The lowest BCUT2D eigenvalue weighted by Gasteiger charge is -2.32. The summed E-state index contributed by atoms with van der Waals surface area (Å²) >= 11 is 0. The lowest BCUT2D eigenvalue weighted by atomic mass is 10.0. The molecule has 6 heteroatoms. The van der Waals surface area contributed by atoms with E-state index in [4.69, 9.17) is 0 Å². The van der Waals surface area contributed by atoms with Gasteiger partial charge in [0.2, 0.25) is 6.30 Å². The summed E-state index contributed by atoms with van der Waals surface area (Å²) < 4.78 is 63.7. The highest BCUT2D eigenvalue weighted by Crippen LogP contribution is 2.41. The number of likely N-dealkylation sites (tertiary alicyclic amines) is 1. The van der Waals surface area contributed by atoms with E-state index in [0.29, 0.717) is 12.8 Å². The van der Waals surface area contributed by atoms with E-state index in [1.165, 1.54) is 0 Å². The van der Waals surface area contributed by atoms with Gasteiger partial charge in [-0.2, -0.15) is 13.2 Å². The third-order valence-electron chi connectivity index (χ3n) is 2.54. The largest absolute Gasteiger partial charge is 0.430 e. The lowest BCUT2D eigenvalue weighted by Crippen LogP contribution is -2.54. The van der Waals surface area contributed by atoms with Crippen LogP contribution < -0.4 is 0 Å². The van der Waals surface area contributed by atoms with Crippen molar-refractivity contribution >= 4 is 0 Å². The van der Waals surface area contributed by atoms with Crippen LogP contribution in [0.5, 0.6) is 0 Å². The Morgan fingerprint density at radius 3 is 1.93 bits per heavy atom. The van der Waals surface area contributed by atoms with E-state index in [1.807, 2.05) is 0 Å². The summed E-state index contributed by atoms with van der Waals surface area (Å²) in [5.74, 6) is 0. The molecule has 88 valence electrons. The first kappa shape index (κ1) is 12.4. The molecule has 0 aromatic rings. The van der Waals surface area contributed by atoms with Crippen molar-refractivity contribution in [2.24, 2.45) is 0 Å². The molecule has 1 fully saturated rings. The Labute approximate surface area is 84.6 Å². The number of halogens is 5. The lowest BCUT2D eigenvalue weighted by molar-refractivity contribution is -0.247. The molecule has 0 saturated carbocycles.